The Morgan fingerprint density at radius 1 is 0.459 bits per heavy atom. The highest BCUT2D eigenvalue weighted by molar-refractivity contribution is 6.28. The smallest absolute Gasteiger partial charge is 0.226 e. The van der Waals surface area contributed by atoms with Crippen LogP contribution in [0.4, 0.5) is 0 Å². The van der Waals surface area contributed by atoms with E-state index in [2.05, 4.69) is 75.6 Å². The molecule has 3 heterocycles. The maximum absolute atomic E-state index is 6.34. The summed E-state index contributed by atoms with van der Waals surface area (Å²) in [6.07, 6.45) is 1.81. The highest BCUT2D eigenvalue weighted by Gasteiger charge is 2.12. The molecule has 3 aromatic heterocycles. The molecule has 0 unspecified atom stereocenters. The van der Waals surface area contributed by atoms with Crippen molar-refractivity contribution in [2.75, 3.05) is 0 Å². The molecule has 37 heavy (non-hydrogen) atoms. The minimum atomic E-state index is 0.133. The third-order valence-electron chi connectivity index (χ3n) is 6.47. The molecular weight excluding hydrogens is 478 g/mol. The zero-order chi connectivity index (χ0) is 24.8. The summed E-state index contributed by atoms with van der Waals surface area (Å²) in [4.78, 5) is 22.8. The highest BCUT2D eigenvalue weighted by atomic mass is 35.5. The van der Waals surface area contributed by atoms with Gasteiger partial charge in [0.25, 0.3) is 0 Å². The molecule has 7 aromatic rings. The Morgan fingerprint density at radius 3 is 2.11 bits per heavy atom. The predicted octanol–water partition coefficient (Wildman–Crippen LogP) is 7.78. The van der Waals surface area contributed by atoms with Crippen molar-refractivity contribution in [2.45, 2.75) is 0 Å². The molecule has 7 rings (SSSR count). The van der Waals surface area contributed by atoms with E-state index >= 15 is 0 Å². The number of pyridine rings is 2. The molecule has 0 aliphatic heterocycles. The van der Waals surface area contributed by atoms with Gasteiger partial charge in [0.05, 0.1) is 11.0 Å². The number of fused-ring (bicyclic) bond motifs is 3. The Hall–Kier alpha value is -4.74. The molecule has 0 aliphatic rings. The maximum atomic E-state index is 6.34. The molecule has 0 N–H and O–H groups in total. The van der Waals surface area contributed by atoms with Crippen molar-refractivity contribution in [2.24, 2.45) is 0 Å². The number of nitrogens with zero attached hydrogens (tertiary/aromatic N) is 5. The Bertz CT molecular complexity index is 1970. The first kappa shape index (κ1) is 21.5. The summed E-state index contributed by atoms with van der Waals surface area (Å²) < 4.78 is 0. The molecule has 0 saturated heterocycles. The molecule has 0 spiro atoms. The van der Waals surface area contributed by atoms with Gasteiger partial charge >= 0.3 is 0 Å². The van der Waals surface area contributed by atoms with E-state index < -0.39 is 0 Å². The zero-order valence-corrected chi connectivity index (χ0v) is 20.3. The number of halogens is 1. The van der Waals surface area contributed by atoms with Crippen LogP contribution in [0.25, 0.3) is 66.6 Å². The van der Waals surface area contributed by atoms with E-state index in [0.717, 1.165) is 49.3 Å². The van der Waals surface area contributed by atoms with Gasteiger partial charge in [-0.2, -0.15) is 9.97 Å². The van der Waals surface area contributed by atoms with Gasteiger partial charge in [0.1, 0.15) is 5.69 Å². The van der Waals surface area contributed by atoms with Crippen molar-refractivity contribution < 1.29 is 0 Å². The summed E-state index contributed by atoms with van der Waals surface area (Å²) in [7, 11) is 0. The summed E-state index contributed by atoms with van der Waals surface area (Å²) in [5.74, 6) is 0.952. The van der Waals surface area contributed by atoms with Crippen LogP contribution in [0, 0.1) is 0 Å². The molecule has 0 aliphatic carbocycles. The summed E-state index contributed by atoms with van der Waals surface area (Å²) in [6.45, 7) is 0. The van der Waals surface area contributed by atoms with E-state index in [-0.39, 0.29) is 5.28 Å². The summed E-state index contributed by atoms with van der Waals surface area (Å²) in [5, 5.41) is 4.53. The molecule has 0 amide bonds. The first-order valence-corrected chi connectivity index (χ1v) is 12.2. The lowest BCUT2D eigenvalue weighted by Crippen LogP contribution is -1.99. The van der Waals surface area contributed by atoms with Crippen molar-refractivity contribution >= 4 is 44.2 Å². The van der Waals surface area contributed by atoms with Gasteiger partial charge in [0.15, 0.2) is 11.6 Å². The van der Waals surface area contributed by atoms with Crippen LogP contribution in [0.15, 0.2) is 109 Å². The van der Waals surface area contributed by atoms with E-state index in [1.54, 1.807) is 0 Å². The third kappa shape index (κ3) is 4.05. The van der Waals surface area contributed by atoms with Crippen molar-refractivity contribution in [3.8, 4) is 34.0 Å². The summed E-state index contributed by atoms with van der Waals surface area (Å²) >= 11 is 6.34. The molecule has 0 bridgehead atoms. The summed E-state index contributed by atoms with van der Waals surface area (Å²) in [6, 6.07) is 34.8. The van der Waals surface area contributed by atoms with Gasteiger partial charge in [0.2, 0.25) is 5.28 Å². The molecule has 0 fully saturated rings. The van der Waals surface area contributed by atoms with E-state index in [1.807, 2.05) is 48.7 Å². The fourth-order valence-electron chi connectivity index (χ4n) is 4.60. The normalized spacial score (nSPS) is 11.4. The third-order valence-corrected chi connectivity index (χ3v) is 6.64. The number of hydrogen-bond acceptors (Lipinski definition) is 5. The molecule has 0 radical (unpaired) electrons. The van der Waals surface area contributed by atoms with Crippen LogP contribution >= 0.6 is 11.6 Å². The lowest BCUT2D eigenvalue weighted by atomic mass is 10.0. The van der Waals surface area contributed by atoms with Gasteiger partial charge in [-0.1, -0.05) is 66.7 Å². The van der Waals surface area contributed by atoms with Crippen LogP contribution in [0.3, 0.4) is 0 Å². The van der Waals surface area contributed by atoms with Crippen molar-refractivity contribution in [3.63, 3.8) is 0 Å². The van der Waals surface area contributed by atoms with E-state index in [4.69, 9.17) is 21.6 Å². The van der Waals surface area contributed by atoms with Crippen LogP contribution in [0.1, 0.15) is 0 Å². The Kier molecular flexibility index (Phi) is 5.08. The van der Waals surface area contributed by atoms with Gasteiger partial charge in [-0.3, -0.25) is 4.98 Å². The monoisotopic (exact) mass is 495 g/mol. The van der Waals surface area contributed by atoms with Crippen LogP contribution < -0.4 is 0 Å². The minimum Gasteiger partial charge on any atom is -0.256 e. The number of aromatic nitrogens is 5. The molecular formula is C31H18ClN5. The topological polar surface area (TPSA) is 64.5 Å². The van der Waals surface area contributed by atoms with Crippen LogP contribution in [0.2, 0.25) is 5.28 Å². The molecule has 4 aromatic carbocycles. The second kappa shape index (κ2) is 8.73. The molecule has 174 valence electrons. The number of benzene rings is 4. The number of rotatable bonds is 3. The first-order valence-electron chi connectivity index (χ1n) is 11.9. The largest absolute Gasteiger partial charge is 0.256 e. The van der Waals surface area contributed by atoms with E-state index in [1.165, 1.54) is 0 Å². The van der Waals surface area contributed by atoms with E-state index in [0.29, 0.717) is 17.3 Å². The quantitative estimate of drug-likeness (QED) is 0.250. The lowest BCUT2D eigenvalue weighted by Gasteiger charge is -2.08. The standard InChI is InChI=1S/C31H18ClN5/c32-31-36-29(25-10-7-19-4-1-2-5-21(19)17-25)35-30(37-31)27-14-11-20-8-9-23(18-28(20)34-27)22-12-13-26-24(16-22)6-3-15-33-26/h1-18H. The van der Waals surface area contributed by atoms with Gasteiger partial charge in [-0.05, 0) is 69.9 Å². The van der Waals surface area contributed by atoms with E-state index in [9.17, 15) is 0 Å². The van der Waals surface area contributed by atoms with Gasteiger partial charge in [0, 0.05) is 22.5 Å². The molecule has 5 nitrogen and oxygen atoms in total. The minimum absolute atomic E-state index is 0.133. The second-order valence-electron chi connectivity index (χ2n) is 8.83. The molecule has 6 heteroatoms. The zero-order valence-electron chi connectivity index (χ0n) is 19.5. The first-order chi connectivity index (χ1) is 18.2. The van der Waals surface area contributed by atoms with Gasteiger partial charge in [-0.15, -0.1) is 0 Å². The van der Waals surface area contributed by atoms with Crippen molar-refractivity contribution in [1.29, 1.82) is 0 Å². The molecule has 0 atom stereocenters. The SMILES string of the molecule is Clc1nc(-c2ccc3ccccc3c2)nc(-c2ccc3ccc(-c4ccc5ncccc5c4)cc3n2)n1. The van der Waals surface area contributed by atoms with Gasteiger partial charge < -0.3 is 0 Å². The fraction of sp³-hybridized carbons (Fsp3) is 0. The Balaban J connectivity index is 1.30. The van der Waals surface area contributed by atoms with Crippen LogP contribution in [-0.2, 0) is 0 Å². The number of hydrogen-bond donors (Lipinski definition) is 0. The molecule has 0 saturated carbocycles. The van der Waals surface area contributed by atoms with Crippen molar-refractivity contribution in [1.82, 2.24) is 24.9 Å². The Morgan fingerprint density at radius 2 is 1.16 bits per heavy atom. The average molecular weight is 496 g/mol. The van der Waals surface area contributed by atoms with Crippen molar-refractivity contribution in [3.05, 3.63) is 115 Å². The van der Waals surface area contributed by atoms with Crippen LogP contribution in [-0.4, -0.2) is 24.9 Å². The van der Waals surface area contributed by atoms with Gasteiger partial charge in [-0.25, -0.2) is 9.97 Å². The predicted molar refractivity (Wildman–Crippen MR) is 149 cm³/mol. The Labute approximate surface area is 217 Å². The van der Waals surface area contributed by atoms with Crippen LogP contribution in [0.5, 0.6) is 0 Å². The fourth-order valence-corrected chi connectivity index (χ4v) is 4.76. The average Bonchev–Trinajstić information content (AvgIpc) is 2.95. The second-order valence-corrected chi connectivity index (χ2v) is 9.17. The highest BCUT2D eigenvalue weighted by Crippen LogP contribution is 2.29. The maximum Gasteiger partial charge on any atom is 0.226 e. The summed E-state index contributed by atoms with van der Waals surface area (Å²) in [5.41, 5.74) is 5.52. The lowest BCUT2D eigenvalue weighted by molar-refractivity contribution is 1.06.